The second kappa shape index (κ2) is 4.89. The number of para-hydroxylation sites is 1. The Labute approximate surface area is 110 Å². The molecule has 0 bridgehead atoms. The van der Waals surface area contributed by atoms with Gasteiger partial charge in [-0.15, -0.1) is 0 Å². The number of rotatable bonds is 3. The predicted octanol–water partition coefficient (Wildman–Crippen LogP) is 2.34. The summed E-state index contributed by atoms with van der Waals surface area (Å²) in [5.74, 6) is 0. The van der Waals surface area contributed by atoms with Crippen LogP contribution in [0.5, 0.6) is 0 Å². The van der Waals surface area contributed by atoms with Crippen LogP contribution in [0.25, 0.3) is 0 Å². The molecule has 0 atom stereocenters. The molecule has 2 N–H and O–H groups in total. The van der Waals surface area contributed by atoms with Gasteiger partial charge < -0.3 is 0 Å². The molecule has 0 spiro atoms. The van der Waals surface area contributed by atoms with Crippen molar-refractivity contribution < 1.29 is 8.42 Å². The molecule has 1 aromatic rings. The van der Waals surface area contributed by atoms with Gasteiger partial charge in [-0.05, 0) is 55.5 Å². The molecule has 6 heteroatoms. The van der Waals surface area contributed by atoms with E-state index in [4.69, 9.17) is 0 Å². The molecule has 0 radical (unpaired) electrons. The fourth-order valence-electron chi connectivity index (χ4n) is 1.12. The van der Waals surface area contributed by atoms with Crippen molar-refractivity contribution in [1.82, 2.24) is 4.72 Å². The summed E-state index contributed by atoms with van der Waals surface area (Å²) in [6.45, 7) is 5.38. The molecule has 0 amide bonds. The first-order valence-corrected chi connectivity index (χ1v) is 7.32. The Morgan fingerprint density at radius 1 is 1.19 bits per heavy atom. The molecule has 1 aromatic carbocycles. The lowest BCUT2D eigenvalue weighted by molar-refractivity contribution is 0.494. The van der Waals surface area contributed by atoms with Crippen LogP contribution in [0.2, 0.25) is 0 Å². The topological polar surface area (TPSA) is 58.2 Å². The van der Waals surface area contributed by atoms with Gasteiger partial charge in [0.15, 0.2) is 0 Å². The third-order valence-corrected chi connectivity index (χ3v) is 3.87. The van der Waals surface area contributed by atoms with Crippen molar-refractivity contribution in [1.29, 1.82) is 0 Å². The summed E-state index contributed by atoms with van der Waals surface area (Å²) in [4.78, 5) is 0. The predicted molar refractivity (Wildman–Crippen MR) is 74.6 cm³/mol. The van der Waals surface area contributed by atoms with Gasteiger partial charge in [0.1, 0.15) is 0 Å². The summed E-state index contributed by atoms with van der Waals surface area (Å²) in [5, 5.41) is 0. The first-order chi connectivity index (χ1) is 7.20. The van der Waals surface area contributed by atoms with Gasteiger partial charge in [-0.3, -0.25) is 4.72 Å². The first-order valence-electron chi connectivity index (χ1n) is 4.76. The minimum Gasteiger partial charge on any atom is -0.270 e. The Morgan fingerprint density at radius 2 is 1.75 bits per heavy atom. The zero-order valence-corrected chi connectivity index (χ0v) is 12.4. The molecule has 0 fully saturated rings. The fourth-order valence-corrected chi connectivity index (χ4v) is 3.15. The van der Waals surface area contributed by atoms with Crippen molar-refractivity contribution >= 4 is 38.5 Å². The minimum atomic E-state index is -3.52. The Bertz CT molecular complexity index is 466. The van der Waals surface area contributed by atoms with Crippen molar-refractivity contribution in [2.75, 3.05) is 4.72 Å². The molecule has 16 heavy (non-hydrogen) atoms. The van der Waals surface area contributed by atoms with Gasteiger partial charge in [0.25, 0.3) is 10.2 Å². The maximum Gasteiger partial charge on any atom is 0.299 e. The highest BCUT2D eigenvalue weighted by atomic mass is 127. The summed E-state index contributed by atoms with van der Waals surface area (Å²) in [7, 11) is -3.52. The largest absolute Gasteiger partial charge is 0.299 e. The molecule has 0 aliphatic heterocycles. The van der Waals surface area contributed by atoms with E-state index in [1.165, 1.54) is 0 Å². The van der Waals surface area contributed by atoms with E-state index >= 15 is 0 Å². The van der Waals surface area contributed by atoms with Gasteiger partial charge in [0.05, 0.1) is 5.69 Å². The number of halogens is 1. The van der Waals surface area contributed by atoms with Crippen LogP contribution in [0.3, 0.4) is 0 Å². The van der Waals surface area contributed by atoms with Crippen LogP contribution in [-0.4, -0.2) is 14.0 Å². The summed E-state index contributed by atoms with van der Waals surface area (Å²) in [6, 6.07) is 7.22. The zero-order chi connectivity index (χ0) is 12.4. The van der Waals surface area contributed by atoms with Crippen molar-refractivity contribution in [3.05, 3.63) is 27.8 Å². The van der Waals surface area contributed by atoms with Crippen molar-refractivity contribution in [3.8, 4) is 0 Å². The Kier molecular flexibility index (Phi) is 4.19. The standard InChI is InChI=1S/C10H15IN2O2S/c1-10(2,3)13-16(14,15)12-9-7-5-4-6-8(9)11/h4-7,12-13H,1-3H3. The second-order valence-electron chi connectivity index (χ2n) is 4.44. The Hall–Kier alpha value is -0.340. The molecular weight excluding hydrogens is 339 g/mol. The van der Waals surface area contributed by atoms with Crippen molar-refractivity contribution in [2.24, 2.45) is 0 Å². The number of benzene rings is 1. The normalized spacial score (nSPS) is 12.5. The average Bonchev–Trinajstić information content (AvgIpc) is 2.04. The summed E-state index contributed by atoms with van der Waals surface area (Å²) in [6.07, 6.45) is 0. The van der Waals surface area contributed by atoms with Gasteiger partial charge in [0, 0.05) is 9.11 Å². The first kappa shape index (κ1) is 13.7. The molecule has 90 valence electrons. The second-order valence-corrected chi connectivity index (χ2v) is 7.01. The lowest BCUT2D eigenvalue weighted by Crippen LogP contribution is -2.43. The highest BCUT2D eigenvalue weighted by Gasteiger charge is 2.20. The van der Waals surface area contributed by atoms with Gasteiger partial charge in [-0.1, -0.05) is 12.1 Å². The van der Waals surface area contributed by atoms with Crippen LogP contribution >= 0.6 is 22.6 Å². The summed E-state index contributed by atoms with van der Waals surface area (Å²) >= 11 is 2.08. The zero-order valence-electron chi connectivity index (χ0n) is 9.41. The Morgan fingerprint density at radius 3 is 2.25 bits per heavy atom. The molecule has 0 aromatic heterocycles. The molecular formula is C10H15IN2O2S. The van der Waals surface area contributed by atoms with E-state index in [2.05, 4.69) is 32.0 Å². The van der Waals surface area contributed by atoms with E-state index in [0.717, 1.165) is 3.57 Å². The monoisotopic (exact) mass is 354 g/mol. The van der Waals surface area contributed by atoms with Crippen LogP contribution in [0.4, 0.5) is 5.69 Å². The van der Waals surface area contributed by atoms with Gasteiger partial charge >= 0.3 is 0 Å². The SMILES string of the molecule is CC(C)(C)NS(=O)(=O)Nc1ccccc1I. The average molecular weight is 354 g/mol. The van der Waals surface area contributed by atoms with Crippen LogP contribution in [0.15, 0.2) is 24.3 Å². The van der Waals surface area contributed by atoms with E-state index in [0.29, 0.717) is 5.69 Å². The van der Waals surface area contributed by atoms with E-state index in [1.807, 2.05) is 12.1 Å². The maximum absolute atomic E-state index is 11.7. The lowest BCUT2D eigenvalue weighted by atomic mass is 10.1. The smallest absolute Gasteiger partial charge is 0.270 e. The van der Waals surface area contributed by atoms with Crippen LogP contribution in [0.1, 0.15) is 20.8 Å². The van der Waals surface area contributed by atoms with Crippen LogP contribution < -0.4 is 9.44 Å². The maximum atomic E-state index is 11.7. The van der Waals surface area contributed by atoms with E-state index in [1.54, 1.807) is 32.9 Å². The number of hydrogen-bond acceptors (Lipinski definition) is 2. The summed E-state index contributed by atoms with van der Waals surface area (Å²) in [5.41, 5.74) is 0.0892. The molecule has 4 nitrogen and oxygen atoms in total. The number of hydrogen-bond donors (Lipinski definition) is 2. The van der Waals surface area contributed by atoms with Gasteiger partial charge in [0.2, 0.25) is 0 Å². The van der Waals surface area contributed by atoms with E-state index in [-0.39, 0.29) is 0 Å². The minimum absolute atomic E-state index is 0.494. The third-order valence-electron chi connectivity index (χ3n) is 1.56. The quantitative estimate of drug-likeness (QED) is 0.819. The molecule has 1 rings (SSSR count). The highest BCUT2D eigenvalue weighted by molar-refractivity contribution is 14.1. The highest BCUT2D eigenvalue weighted by Crippen LogP contribution is 2.18. The van der Waals surface area contributed by atoms with Gasteiger partial charge in [-0.25, -0.2) is 0 Å². The van der Waals surface area contributed by atoms with Gasteiger partial charge in [-0.2, -0.15) is 13.1 Å². The third kappa shape index (κ3) is 4.67. The summed E-state index contributed by atoms with van der Waals surface area (Å²) < 4.78 is 29.4. The number of anilines is 1. The van der Waals surface area contributed by atoms with Crippen molar-refractivity contribution in [2.45, 2.75) is 26.3 Å². The molecule has 0 saturated heterocycles. The lowest BCUT2D eigenvalue weighted by Gasteiger charge is -2.21. The van der Waals surface area contributed by atoms with E-state index in [9.17, 15) is 8.42 Å². The van der Waals surface area contributed by atoms with Crippen molar-refractivity contribution in [3.63, 3.8) is 0 Å². The van der Waals surface area contributed by atoms with E-state index < -0.39 is 15.7 Å². The number of nitrogens with one attached hydrogen (secondary N) is 2. The van der Waals surface area contributed by atoms with Crippen LogP contribution in [0, 0.1) is 3.57 Å². The molecule has 0 aliphatic rings. The molecule has 0 aliphatic carbocycles. The van der Waals surface area contributed by atoms with Crippen LogP contribution in [-0.2, 0) is 10.2 Å². The fraction of sp³-hybridized carbons (Fsp3) is 0.400. The molecule has 0 saturated carbocycles. The molecule has 0 unspecified atom stereocenters. The molecule has 0 heterocycles. The Balaban J connectivity index is 2.86.